The standard InChI is InChI=1S/C20H21BrN4O/c21-17-9-7-15(8-10-17)14-23-19-13-18(16-5-2-1-3-6-16)24-20(25-19)22-11-4-12-26/h1-3,5-10,13,26H,4,11-12,14H2,(H2,22,23,24,25). The van der Waals surface area contributed by atoms with Crippen molar-refractivity contribution in [3.63, 3.8) is 0 Å². The number of nitrogens with zero attached hydrogens (tertiary/aromatic N) is 2. The van der Waals surface area contributed by atoms with E-state index in [-0.39, 0.29) is 6.61 Å². The fraction of sp³-hybridized carbons (Fsp3) is 0.200. The molecule has 0 bridgehead atoms. The minimum Gasteiger partial charge on any atom is -0.396 e. The van der Waals surface area contributed by atoms with Crippen molar-refractivity contribution < 1.29 is 5.11 Å². The smallest absolute Gasteiger partial charge is 0.225 e. The third-order valence-corrected chi connectivity index (χ3v) is 4.33. The average molecular weight is 413 g/mol. The van der Waals surface area contributed by atoms with Gasteiger partial charge in [0.25, 0.3) is 0 Å². The lowest BCUT2D eigenvalue weighted by Gasteiger charge is -2.11. The Labute approximate surface area is 161 Å². The molecular weight excluding hydrogens is 392 g/mol. The topological polar surface area (TPSA) is 70.1 Å². The van der Waals surface area contributed by atoms with Crippen LogP contribution in [0.3, 0.4) is 0 Å². The van der Waals surface area contributed by atoms with Crippen LogP contribution in [0.1, 0.15) is 12.0 Å². The van der Waals surface area contributed by atoms with Gasteiger partial charge in [0.1, 0.15) is 5.82 Å². The molecule has 0 radical (unpaired) electrons. The summed E-state index contributed by atoms with van der Waals surface area (Å²) in [6.45, 7) is 1.44. The minimum absolute atomic E-state index is 0.139. The number of aromatic nitrogens is 2. The molecule has 0 aliphatic rings. The molecule has 0 atom stereocenters. The van der Waals surface area contributed by atoms with Crippen molar-refractivity contribution >= 4 is 27.7 Å². The van der Waals surface area contributed by atoms with Gasteiger partial charge < -0.3 is 15.7 Å². The molecule has 0 amide bonds. The van der Waals surface area contributed by atoms with Crippen LogP contribution < -0.4 is 10.6 Å². The van der Waals surface area contributed by atoms with Gasteiger partial charge in [-0.15, -0.1) is 0 Å². The van der Waals surface area contributed by atoms with Gasteiger partial charge in [-0.2, -0.15) is 4.98 Å². The quantitative estimate of drug-likeness (QED) is 0.480. The highest BCUT2D eigenvalue weighted by Crippen LogP contribution is 2.22. The van der Waals surface area contributed by atoms with Crippen molar-refractivity contribution in [1.29, 1.82) is 0 Å². The van der Waals surface area contributed by atoms with Crippen LogP contribution in [-0.4, -0.2) is 28.2 Å². The van der Waals surface area contributed by atoms with Crippen LogP contribution in [0.2, 0.25) is 0 Å². The monoisotopic (exact) mass is 412 g/mol. The highest BCUT2D eigenvalue weighted by Gasteiger charge is 2.07. The van der Waals surface area contributed by atoms with Gasteiger partial charge in [-0.25, -0.2) is 4.98 Å². The van der Waals surface area contributed by atoms with Crippen LogP contribution in [0, 0.1) is 0 Å². The molecule has 3 N–H and O–H groups in total. The van der Waals surface area contributed by atoms with Crippen molar-refractivity contribution in [2.45, 2.75) is 13.0 Å². The second-order valence-electron chi connectivity index (χ2n) is 5.81. The molecule has 0 aliphatic carbocycles. The van der Waals surface area contributed by atoms with E-state index in [0.717, 1.165) is 21.5 Å². The van der Waals surface area contributed by atoms with E-state index in [0.29, 0.717) is 25.5 Å². The summed E-state index contributed by atoms with van der Waals surface area (Å²) in [5.74, 6) is 1.31. The van der Waals surface area contributed by atoms with Crippen LogP contribution in [0.4, 0.5) is 11.8 Å². The van der Waals surface area contributed by atoms with Gasteiger partial charge in [0.05, 0.1) is 5.69 Å². The third-order valence-electron chi connectivity index (χ3n) is 3.80. The Morgan fingerprint density at radius 2 is 1.69 bits per heavy atom. The SMILES string of the molecule is OCCCNc1nc(NCc2ccc(Br)cc2)cc(-c2ccccc2)n1. The molecule has 5 nitrogen and oxygen atoms in total. The highest BCUT2D eigenvalue weighted by molar-refractivity contribution is 9.10. The number of rotatable bonds is 8. The Bertz CT molecular complexity index is 825. The van der Waals surface area contributed by atoms with Gasteiger partial charge in [0.2, 0.25) is 5.95 Å². The first-order valence-electron chi connectivity index (χ1n) is 8.52. The van der Waals surface area contributed by atoms with Crippen LogP contribution >= 0.6 is 15.9 Å². The van der Waals surface area contributed by atoms with Crippen molar-refractivity contribution in [2.75, 3.05) is 23.8 Å². The molecular formula is C20H21BrN4O. The lowest BCUT2D eigenvalue weighted by molar-refractivity contribution is 0.292. The second-order valence-corrected chi connectivity index (χ2v) is 6.73. The number of hydrogen-bond acceptors (Lipinski definition) is 5. The summed E-state index contributed by atoms with van der Waals surface area (Å²) >= 11 is 3.45. The highest BCUT2D eigenvalue weighted by atomic mass is 79.9. The Morgan fingerprint density at radius 3 is 2.42 bits per heavy atom. The Balaban J connectivity index is 1.80. The number of hydrogen-bond donors (Lipinski definition) is 3. The minimum atomic E-state index is 0.139. The lowest BCUT2D eigenvalue weighted by atomic mass is 10.1. The maximum Gasteiger partial charge on any atom is 0.225 e. The molecule has 3 aromatic rings. The normalized spacial score (nSPS) is 10.5. The molecule has 2 aromatic carbocycles. The number of aliphatic hydroxyl groups excluding tert-OH is 1. The summed E-state index contributed by atoms with van der Waals surface area (Å²) < 4.78 is 1.06. The Morgan fingerprint density at radius 1 is 0.923 bits per heavy atom. The lowest BCUT2D eigenvalue weighted by Crippen LogP contribution is -2.10. The number of anilines is 2. The summed E-state index contributed by atoms with van der Waals surface area (Å²) in [5, 5.41) is 15.5. The first-order valence-corrected chi connectivity index (χ1v) is 9.31. The molecule has 0 unspecified atom stereocenters. The van der Waals surface area contributed by atoms with Gasteiger partial charge >= 0.3 is 0 Å². The molecule has 3 rings (SSSR count). The molecule has 0 saturated heterocycles. The largest absolute Gasteiger partial charge is 0.396 e. The van der Waals surface area contributed by atoms with E-state index in [1.807, 2.05) is 48.5 Å². The zero-order valence-electron chi connectivity index (χ0n) is 14.3. The number of benzene rings is 2. The van der Waals surface area contributed by atoms with E-state index in [1.54, 1.807) is 0 Å². The van der Waals surface area contributed by atoms with Crippen molar-refractivity contribution in [3.05, 3.63) is 70.7 Å². The second kappa shape index (κ2) is 9.31. The van der Waals surface area contributed by atoms with Crippen molar-refractivity contribution in [1.82, 2.24) is 9.97 Å². The molecule has 0 saturated carbocycles. The molecule has 0 spiro atoms. The molecule has 0 fully saturated rings. The predicted molar refractivity (Wildman–Crippen MR) is 109 cm³/mol. The van der Waals surface area contributed by atoms with E-state index < -0.39 is 0 Å². The van der Waals surface area contributed by atoms with Crippen LogP contribution in [0.15, 0.2) is 65.1 Å². The summed E-state index contributed by atoms with van der Waals surface area (Å²) in [6.07, 6.45) is 0.653. The first kappa shape index (κ1) is 18.4. The van der Waals surface area contributed by atoms with Crippen molar-refractivity contribution in [3.8, 4) is 11.3 Å². The van der Waals surface area contributed by atoms with Gasteiger partial charge in [-0.05, 0) is 24.1 Å². The molecule has 1 aromatic heterocycles. The molecule has 1 heterocycles. The Hall–Kier alpha value is -2.44. The zero-order chi connectivity index (χ0) is 18.2. The Kier molecular flexibility index (Phi) is 6.57. The van der Waals surface area contributed by atoms with Crippen LogP contribution in [-0.2, 0) is 6.54 Å². The average Bonchev–Trinajstić information content (AvgIpc) is 2.68. The summed E-state index contributed by atoms with van der Waals surface area (Å²) in [5.41, 5.74) is 3.06. The maximum atomic E-state index is 8.96. The number of halogens is 1. The number of nitrogens with one attached hydrogen (secondary N) is 2. The molecule has 134 valence electrons. The summed E-state index contributed by atoms with van der Waals surface area (Å²) in [6, 6.07) is 20.1. The maximum absolute atomic E-state index is 8.96. The molecule has 0 aliphatic heterocycles. The van der Waals surface area contributed by atoms with Gasteiger partial charge in [-0.1, -0.05) is 58.4 Å². The van der Waals surface area contributed by atoms with E-state index in [9.17, 15) is 0 Å². The molecule has 26 heavy (non-hydrogen) atoms. The fourth-order valence-corrected chi connectivity index (χ4v) is 2.71. The zero-order valence-corrected chi connectivity index (χ0v) is 15.9. The number of aliphatic hydroxyl groups is 1. The fourth-order valence-electron chi connectivity index (χ4n) is 2.45. The van der Waals surface area contributed by atoms with E-state index in [4.69, 9.17) is 5.11 Å². The van der Waals surface area contributed by atoms with Gasteiger partial charge in [0.15, 0.2) is 0 Å². The third kappa shape index (κ3) is 5.28. The summed E-state index contributed by atoms with van der Waals surface area (Å²) in [4.78, 5) is 9.13. The van der Waals surface area contributed by atoms with Gasteiger partial charge in [-0.3, -0.25) is 0 Å². The molecule has 6 heteroatoms. The van der Waals surface area contributed by atoms with Crippen LogP contribution in [0.25, 0.3) is 11.3 Å². The first-order chi connectivity index (χ1) is 12.7. The predicted octanol–water partition coefficient (Wildman–Crippen LogP) is 4.31. The van der Waals surface area contributed by atoms with E-state index in [1.165, 1.54) is 5.56 Å². The van der Waals surface area contributed by atoms with E-state index in [2.05, 4.69) is 48.7 Å². The van der Waals surface area contributed by atoms with E-state index >= 15 is 0 Å². The summed E-state index contributed by atoms with van der Waals surface area (Å²) in [7, 11) is 0. The van der Waals surface area contributed by atoms with Gasteiger partial charge in [0, 0.05) is 35.8 Å². The van der Waals surface area contributed by atoms with Crippen molar-refractivity contribution in [2.24, 2.45) is 0 Å². The van der Waals surface area contributed by atoms with Crippen LogP contribution in [0.5, 0.6) is 0 Å².